The first-order chi connectivity index (χ1) is 8.85. The molecule has 0 radical (unpaired) electrons. The average molecular weight is 282 g/mol. The summed E-state index contributed by atoms with van der Waals surface area (Å²) < 4.78 is 0. The van der Waals surface area contributed by atoms with Crippen molar-refractivity contribution in [1.82, 2.24) is 10.3 Å². The second-order valence-electron chi connectivity index (χ2n) is 6.12. The van der Waals surface area contributed by atoms with Gasteiger partial charge in [0.05, 0.1) is 0 Å². The van der Waals surface area contributed by atoms with Gasteiger partial charge >= 0.3 is 0 Å². The molecular weight excluding hydrogens is 260 g/mol. The summed E-state index contributed by atoms with van der Waals surface area (Å²) in [7, 11) is 0. The van der Waals surface area contributed by atoms with Gasteiger partial charge in [0, 0.05) is 12.1 Å². The molecular formula is C13H22N4OS. The van der Waals surface area contributed by atoms with Crippen molar-refractivity contribution in [2.75, 3.05) is 17.6 Å². The van der Waals surface area contributed by atoms with Crippen LogP contribution in [0.1, 0.15) is 49.7 Å². The van der Waals surface area contributed by atoms with Gasteiger partial charge in [0.1, 0.15) is 10.7 Å². The van der Waals surface area contributed by atoms with Crippen molar-refractivity contribution in [2.24, 2.45) is 5.92 Å². The topological polar surface area (TPSA) is 80.0 Å². The number of anilines is 2. The van der Waals surface area contributed by atoms with Crippen LogP contribution in [-0.2, 0) is 0 Å². The van der Waals surface area contributed by atoms with Gasteiger partial charge in [-0.15, -0.1) is 0 Å². The molecule has 106 valence electrons. The van der Waals surface area contributed by atoms with Gasteiger partial charge in [-0.1, -0.05) is 17.8 Å². The van der Waals surface area contributed by atoms with E-state index in [0.717, 1.165) is 6.54 Å². The number of hydrogen-bond donors (Lipinski definition) is 3. The van der Waals surface area contributed by atoms with Crippen LogP contribution in [0, 0.1) is 5.92 Å². The monoisotopic (exact) mass is 282 g/mol. The second kappa shape index (κ2) is 5.36. The van der Waals surface area contributed by atoms with Crippen LogP contribution in [0.25, 0.3) is 0 Å². The summed E-state index contributed by atoms with van der Waals surface area (Å²) in [5, 5.41) is 6.87. The van der Waals surface area contributed by atoms with Gasteiger partial charge in [-0.3, -0.25) is 4.79 Å². The van der Waals surface area contributed by atoms with Gasteiger partial charge in [-0.25, -0.2) is 4.98 Å². The molecule has 1 fully saturated rings. The van der Waals surface area contributed by atoms with Crippen molar-refractivity contribution in [2.45, 2.75) is 45.6 Å². The van der Waals surface area contributed by atoms with Crippen LogP contribution >= 0.6 is 11.3 Å². The lowest BCUT2D eigenvalue weighted by molar-refractivity contribution is 0.0944. The number of aromatic nitrogens is 1. The lowest BCUT2D eigenvalue weighted by Gasteiger charge is -2.25. The summed E-state index contributed by atoms with van der Waals surface area (Å²) in [5.41, 5.74) is 5.72. The largest absolute Gasteiger partial charge is 0.382 e. The van der Waals surface area contributed by atoms with Crippen molar-refractivity contribution in [3.05, 3.63) is 4.88 Å². The normalized spacial score (nSPS) is 15.9. The Morgan fingerprint density at radius 2 is 2.16 bits per heavy atom. The zero-order valence-corrected chi connectivity index (χ0v) is 12.6. The van der Waals surface area contributed by atoms with Crippen LogP contribution in [0.5, 0.6) is 0 Å². The van der Waals surface area contributed by atoms with E-state index in [4.69, 9.17) is 5.73 Å². The molecule has 5 nitrogen and oxygen atoms in total. The fraction of sp³-hybridized carbons (Fsp3) is 0.692. The van der Waals surface area contributed by atoms with Crippen molar-refractivity contribution in [3.8, 4) is 0 Å². The highest BCUT2D eigenvalue weighted by Crippen LogP contribution is 2.28. The van der Waals surface area contributed by atoms with Gasteiger partial charge in [0.15, 0.2) is 5.13 Å². The van der Waals surface area contributed by atoms with Crippen molar-refractivity contribution in [1.29, 1.82) is 0 Å². The fourth-order valence-electron chi connectivity index (χ4n) is 1.88. The first-order valence-corrected chi connectivity index (χ1v) is 7.49. The van der Waals surface area contributed by atoms with Crippen LogP contribution in [0.3, 0.4) is 0 Å². The quantitative estimate of drug-likeness (QED) is 0.792. The van der Waals surface area contributed by atoms with Crippen LogP contribution < -0.4 is 16.4 Å². The molecule has 1 aromatic rings. The molecule has 1 heterocycles. The molecule has 1 aliphatic carbocycles. The molecule has 1 saturated carbocycles. The SMILES string of the molecule is CC(C)(C)Nc1nc(N)c(C(=O)NCC2CCC2)s1. The number of hydrogen-bond acceptors (Lipinski definition) is 5. The molecule has 0 unspecified atom stereocenters. The van der Waals surface area contributed by atoms with Gasteiger partial charge in [-0.2, -0.15) is 0 Å². The first kappa shape index (κ1) is 14.1. The Bertz CT molecular complexity index is 460. The number of rotatable bonds is 4. The van der Waals surface area contributed by atoms with E-state index in [0.29, 0.717) is 21.7 Å². The Labute approximate surface area is 118 Å². The molecule has 1 aromatic heterocycles. The molecule has 0 aromatic carbocycles. The Morgan fingerprint density at radius 3 is 2.68 bits per heavy atom. The van der Waals surface area contributed by atoms with Gasteiger partial charge in [0.25, 0.3) is 5.91 Å². The maximum absolute atomic E-state index is 12.0. The molecule has 19 heavy (non-hydrogen) atoms. The first-order valence-electron chi connectivity index (χ1n) is 6.68. The summed E-state index contributed by atoms with van der Waals surface area (Å²) in [5.74, 6) is 0.844. The summed E-state index contributed by atoms with van der Waals surface area (Å²) in [6.45, 7) is 6.88. The number of nitrogens with zero attached hydrogens (tertiary/aromatic N) is 1. The van der Waals surface area contributed by atoms with Gasteiger partial charge < -0.3 is 16.4 Å². The standard InChI is InChI=1S/C13H22N4OS/c1-13(2,3)17-12-16-10(14)9(19-12)11(18)15-7-8-5-4-6-8/h8H,4-7,14H2,1-3H3,(H,15,18)(H,16,17). The lowest BCUT2D eigenvalue weighted by atomic mass is 9.85. The number of carbonyl (C=O) groups is 1. The molecule has 2 rings (SSSR count). The van der Waals surface area contributed by atoms with Crippen molar-refractivity contribution in [3.63, 3.8) is 0 Å². The van der Waals surface area contributed by atoms with Gasteiger partial charge in [-0.05, 0) is 39.5 Å². The summed E-state index contributed by atoms with van der Waals surface area (Å²) in [4.78, 5) is 16.7. The third-order valence-electron chi connectivity index (χ3n) is 3.12. The van der Waals surface area contributed by atoms with E-state index in [1.807, 2.05) is 20.8 Å². The van der Waals surface area contributed by atoms with Crippen molar-refractivity contribution < 1.29 is 4.79 Å². The number of nitrogens with one attached hydrogen (secondary N) is 2. The molecule has 0 atom stereocenters. The highest BCUT2D eigenvalue weighted by molar-refractivity contribution is 7.18. The number of amides is 1. The van der Waals surface area contributed by atoms with Crippen LogP contribution in [-0.4, -0.2) is 23.0 Å². The lowest BCUT2D eigenvalue weighted by Crippen LogP contribution is -2.32. The van der Waals surface area contributed by atoms with E-state index in [1.165, 1.54) is 30.6 Å². The number of nitrogens with two attached hydrogens (primary N) is 1. The molecule has 4 N–H and O–H groups in total. The van der Waals surface area contributed by atoms with E-state index in [2.05, 4.69) is 15.6 Å². The summed E-state index contributed by atoms with van der Waals surface area (Å²) in [6, 6.07) is 0. The van der Waals surface area contributed by atoms with E-state index in [9.17, 15) is 4.79 Å². The molecule has 0 spiro atoms. The minimum atomic E-state index is -0.108. The Kier molecular flexibility index (Phi) is 3.99. The van der Waals surface area contributed by atoms with E-state index in [1.54, 1.807) is 0 Å². The van der Waals surface area contributed by atoms with E-state index >= 15 is 0 Å². The second-order valence-corrected chi connectivity index (χ2v) is 7.11. The minimum Gasteiger partial charge on any atom is -0.382 e. The van der Waals surface area contributed by atoms with Gasteiger partial charge in [0.2, 0.25) is 0 Å². The summed E-state index contributed by atoms with van der Waals surface area (Å²) >= 11 is 1.31. The van der Waals surface area contributed by atoms with E-state index < -0.39 is 0 Å². The van der Waals surface area contributed by atoms with Crippen LogP contribution in [0.2, 0.25) is 0 Å². The highest BCUT2D eigenvalue weighted by Gasteiger charge is 2.22. The van der Waals surface area contributed by atoms with Crippen molar-refractivity contribution >= 4 is 28.2 Å². The van der Waals surface area contributed by atoms with Crippen LogP contribution in [0.15, 0.2) is 0 Å². The molecule has 1 aliphatic rings. The molecule has 0 aliphatic heterocycles. The zero-order valence-electron chi connectivity index (χ0n) is 11.7. The summed E-state index contributed by atoms with van der Waals surface area (Å²) in [6.07, 6.45) is 3.72. The third-order valence-corrected chi connectivity index (χ3v) is 4.10. The Hall–Kier alpha value is -1.30. The maximum atomic E-state index is 12.0. The van der Waals surface area contributed by atoms with E-state index in [-0.39, 0.29) is 11.4 Å². The molecule has 1 amide bonds. The number of thiazole rings is 1. The number of nitrogen functional groups attached to an aromatic ring is 1. The molecule has 0 saturated heterocycles. The predicted octanol–water partition coefficient (Wildman–Crippen LogP) is 2.47. The minimum absolute atomic E-state index is 0.0933. The Morgan fingerprint density at radius 1 is 1.47 bits per heavy atom. The third kappa shape index (κ3) is 3.83. The highest BCUT2D eigenvalue weighted by atomic mass is 32.1. The average Bonchev–Trinajstić information content (AvgIpc) is 2.54. The Balaban J connectivity index is 1.96. The smallest absolute Gasteiger partial charge is 0.265 e. The number of carbonyl (C=O) groups excluding carboxylic acids is 1. The predicted molar refractivity (Wildman–Crippen MR) is 79.6 cm³/mol. The zero-order chi connectivity index (χ0) is 14.0. The fourth-order valence-corrected chi connectivity index (χ4v) is 2.89. The van der Waals surface area contributed by atoms with Crippen LogP contribution in [0.4, 0.5) is 10.9 Å². The molecule has 0 bridgehead atoms. The maximum Gasteiger partial charge on any atom is 0.265 e. The molecule has 6 heteroatoms.